The predicted octanol–water partition coefficient (Wildman–Crippen LogP) is 3.53. The molecule has 0 fully saturated rings. The minimum atomic E-state index is -2.79. The summed E-state index contributed by atoms with van der Waals surface area (Å²) in [6, 6.07) is 6.48. The molecule has 5 heteroatoms. The van der Waals surface area contributed by atoms with Crippen molar-refractivity contribution in [1.29, 1.82) is 0 Å². The van der Waals surface area contributed by atoms with Crippen LogP contribution in [0.3, 0.4) is 0 Å². The molecule has 1 N–H and O–H groups in total. The summed E-state index contributed by atoms with van der Waals surface area (Å²) in [4.78, 5) is 5.30. The fourth-order valence-corrected chi connectivity index (χ4v) is 1.35. The normalized spacial score (nSPS) is 13.1. The second-order valence-corrected chi connectivity index (χ2v) is 4.49. The number of ether oxygens (including phenoxy) is 1. The summed E-state index contributed by atoms with van der Waals surface area (Å²) in [5, 5.41) is 0. The van der Waals surface area contributed by atoms with E-state index in [1.54, 1.807) is 12.1 Å². The number of hydrogen-bond donors (Lipinski definition) is 1. The number of halogens is 2. The monoisotopic (exact) mass is 259 g/mol. The second kappa shape index (κ2) is 7.28. The van der Waals surface area contributed by atoms with Crippen LogP contribution in [0, 0.1) is 5.92 Å². The highest BCUT2D eigenvalue weighted by Crippen LogP contribution is 2.19. The van der Waals surface area contributed by atoms with Crippen molar-refractivity contribution in [3.63, 3.8) is 0 Å². The molecule has 1 atom stereocenters. The van der Waals surface area contributed by atoms with E-state index in [9.17, 15) is 8.78 Å². The quantitative estimate of drug-likeness (QED) is 0.760. The number of rotatable bonds is 7. The van der Waals surface area contributed by atoms with E-state index in [1.807, 2.05) is 6.92 Å². The molecule has 0 aromatic heterocycles. The summed E-state index contributed by atoms with van der Waals surface area (Å²) in [5.74, 6) is 0.607. The summed E-state index contributed by atoms with van der Waals surface area (Å²) >= 11 is 0. The van der Waals surface area contributed by atoms with E-state index in [-0.39, 0.29) is 11.8 Å². The highest BCUT2D eigenvalue weighted by Gasteiger charge is 2.07. The molecule has 0 aliphatic heterocycles. The summed E-state index contributed by atoms with van der Waals surface area (Å²) in [6.07, 6.45) is 0. The zero-order valence-corrected chi connectivity index (χ0v) is 10.8. The lowest BCUT2D eigenvalue weighted by Gasteiger charge is -2.15. The van der Waals surface area contributed by atoms with E-state index in [4.69, 9.17) is 4.84 Å². The van der Waals surface area contributed by atoms with Gasteiger partial charge < -0.3 is 9.57 Å². The van der Waals surface area contributed by atoms with Crippen LogP contribution in [0.2, 0.25) is 0 Å². The molecule has 0 radical (unpaired) electrons. The Hall–Kier alpha value is -1.20. The molecule has 0 amide bonds. The molecule has 102 valence electrons. The molecule has 0 aliphatic carbocycles. The van der Waals surface area contributed by atoms with Crippen molar-refractivity contribution in [2.45, 2.75) is 33.4 Å². The highest BCUT2D eigenvalue weighted by molar-refractivity contribution is 5.28. The molecule has 3 nitrogen and oxygen atoms in total. The van der Waals surface area contributed by atoms with E-state index in [0.717, 1.165) is 5.56 Å². The maximum atomic E-state index is 12.0. The van der Waals surface area contributed by atoms with Crippen LogP contribution < -0.4 is 10.2 Å². The third-order valence-corrected chi connectivity index (χ3v) is 2.28. The molecule has 0 aliphatic rings. The Morgan fingerprint density at radius 3 is 2.22 bits per heavy atom. The average molecular weight is 259 g/mol. The van der Waals surface area contributed by atoms with Gasteiger partial charge in [-0.2, -0.15) is 14.3 Å². The van der Waals surface area contributed by atoms with Gasteiger partial charge in [-0.25, -0.2) is 0 Å². The Balaban J connectivity index is 2.46. The predicted molar refractivity (Wildman–Crippen MR) is 65.4 cm³/mol. The summed E-state index contributed by atoms with van der Waals surface area (Å²) < 4.78 is 28.2. The molecule has 0 saturated carbocycles. The number of benzene rings is 1. The lowest BCUT2D eigenvalue weighted by Crippen LogP contribution is -2.21. The van der Waals surface area contributed by atoms with Crippen LogP contribution in [-0.2, 0) is 4.84 Å². The van der Waals surface area contributed by atoms with Crippen molar-refractivity contribution < 1.29 is 18.4 Å². The van der Waals surface area contributed by atoms with E-state index in [1.165, 1.54) is 12.1 Å². The first-order chi connectivity index (χ1) is 8.49. The first-order valence-corrected chi connectivity index (χ1v) is 5.91. The van der Waals surface area contributed by atoms with Gasteiger partial charge in [0.15, 0.2) is 0 Å². The lowest BCUT2D eigenvalue weighted by atomic mass is 10.1. The van der Waals surface area contributed by atoms with Crippen LogP contribution in [0.15, 0.2) is 24.3 Å². The second-order valence-electron chi connectivity index (χ2n) is 4.49. The van der Waals surface area contributed by atoms with Gasteiger partial charge in [-0.3, -0.25) is 0 Å². The van der Waals surface area contributed by atoms with Crippen molar-refractivity contribution in [3.05, 3.63) is 29.8 Å². The Labute approximate surface area is 106 Å². The van der Waals surface area contributed by atoms with Crippen molar-refractivity contribution >= 4 is 0 Å². The van der Waals surface area contributed by atoms with Gasteiger partial charge >= 0.3 is 6.61 Å². The molecular weight excluding hydrogens is 240 g/mol. The van der Waals surface area contributed by atoms with Crippen molar-refractivity contribution in [1.82, 2.24) is 5.48 Å². The van der Waals surface area contributed by atoms with Gasteiger partial charge in [-0.15, -0.1) is 0 Å². The van der Waals surface area contributed by atoms with Gasteiger partial charge in [-0.1, -0.05) is 26.0 Å². The van der Waals surface area contributed by atoms with E-state index in [0.29, 0.717) is 12.5 Å². The van der Waals surface area contributed by atoms with Gasteiger partial charge in [0.25, 0.3) is 0 Å². The Morgan fingerprint density at radius 1 is 1.11 bits per heavy atom. The Bertz CT molecular complexity index is 341. The number of hydroxylamine groups is 1. The Morgan fingerprint density at radius 2 is 1.72 bits per heavy atom. The van der Waals surface area contributed by atoms with Gasteiger partial charge in [0, 0.05) is 0 Å². The molecule has 0 bridgehead atoms. The first kappa shape index (κ1) is 14.9. The minimum Gasteiger partial charge on any atom is -0.435 e. The summed E-state index contributed by atoms with van der Waals surface area (Å²) in [6.45, 7) is 3.88. The smallest absolute Gasteiger partial charge is 0.387 e. The zero-order valence-electron chi connectivity index (χ0n) is 10.8. The maximum Gasteiger partial charge on any atom is 0.387 e. The third-order valence-electron chi connectivity index (χ3n) is 2.28. The van der Waals surface area contributed by atoms with E-state index >= 15 is 0 Å². The molecule has 1 aromatic rings. The SMILES string of the molecule is CC(C)CONC(C)c1ccc(OC(F)F)cc1. The zero-order chi connectivity index (χ0) is 13.5. The van der Waals surface area contributed by atoms with Crippen molar-refractivity contribution in [3.8, 4) is 5.75 Å². The van der Waals surface area contributed by atoms with Crippen molar-refractivity contribution in [2.75, 3.05) is 6.61 Å². The van der Waals surface area contributed by atoms with Gasteiger partial charge in [0.1, 0.15) is 5.75 Å². The standard InChI is InChI=1S/C13H19F2NO2/c1-9(2)8-17-16-10(3)11-4-6-12(7-5-11)18-13(14)15/h4-7,9-10,13,16H,8H2,1-3H3. The largest absolute Gasteiger partial charge is 0.435 e. The van der Waals surface area contributed by atoms with E-state index in [2.05, 4.69) is 24.1 Å². The number of nitrogens with one attached hydrogen (secondary N) is 1. The van der Waals surface area contributed by atoms with Gasteiger partial charge in [0.05, 0.1) is 12.6 Å². The van der Waals surface area contributed by atoms with Crippen LogP contribution in [-0.4, -0.2) is 13.2 Å². The number of alkyl halides is 2. The van der Waals surface area contributed by atoms with Crippen LogP contribution in [0.25, 0.3) is 0 Å². The van der Waals surface area contributed by atoms with Crippen LogP contribution in [0.1, 0.15) is 32.4 Å². The van der Waals surface area contributed by atoms with Gasteiger partial charge in [0.2, 0.25) is 0 Å². The first-order valence-electron chi connectivity index (χ1n) is 5.91. The molecule has 1 unspecified atom stereocenters. The molecule has 18 heavy (non-hydrogen) atoms. The third kappa shape index (κ3) is 5.42. The highest BCUT2D eigenvalue weighted by atomic mass is 19.3. The van der Waals surface area contributed by atoms with Crippen LogP contribution in [0.5, 0.6) is 5.75 Å². The average Bonchev–Trinajstić information content (AvgIpc) is 2.28. The van der Waals surface area contributed by atoms with E-state index < -0.39 is 6.61 Å². The molecule has 1 rings (SSSR count). The fraction of sp³-hybridized carbons (Fsp3) is 0.538. The molecule has 1 aromatic carbocycles. The fourth-order valence-electron chi connectivity index (χ4n) is 1.35. The maximum absolute atomic E-state index is 12.0. The van der Waals surface area contributed by atoms with Crippen molar-refractivity contribution in [2.24, 2.45) is 5.92 Å². The number of hydrogen-bond acceptors (Lipinski definition) is 3. The minimum absolute atomic E-state index is 0.00986. The summed E-state index contributed by atoms with van der Waals surface area (Å²) in [5.41, 5.74) is 3.85. The van der Waals surface area contributed by atoms with Crippen LogP contribution in [0.4, 0.5) is 8.78 Å². The molecular formula is C13H19F2NO2. The topological polar surface area (TPSA) is 30.5 Å². The van der Waals surface area contributed by atoms with Gasteiger partial charge in [-0.05, 0) is 30.5 Å². The summed E-state index contributed by atoms with van der Waals surface area (Å²) in [7, 11) is 0. The van der Waals surface area contributed by atoms with Crippen LogP contribution >= 0.6 is 0 Å². The molecule has 0 spiro atoms. The lowest BCUT2D eigenvalue weighted by molar-refractivity contribution is -0.0498. The molecule has 0 heterocycles. The Kier molecular flexibility index (Phi) is 6.01. The molecule has 0 saturated heterocycles.